The molecule has 0 amide bonds. The molecule has 0 bridgehead atoms. The van der Waals surface area contributed by atoms with Crippen molar-refractivity contribution in [3.63, 3.8) is 0 Å². The van der Waals surface area contributed by atoms with Gasteiger partial charge in [-0.15, -0.1) is 0 Å². The van der Waals surface area contributed by atoms with Crippen LogP contribution in [0.15, 0.2) is 18.7 Å². The van der Waals surface area contributed by atoms with Gasteiger partial charge < -0.3 is 9.88 Å². The molecule has 0 aromatic carbocycles. The Hall–Kier alpha value is -0.480. The molecule has 1 aromatic heterocycles. The van der Waals surface area contributed by atoms with Crippen LogP contribution in [0.1, 0.15) is 0 Å². The Morgan fingerprint density at radius 1 is 1.54 bits per heavy atom. The third kappa shape index (κ3) is 2.74. The fraction of sp³-hybridized carbons (Fsp3) is 0.667. The minimum atomic E-state index is 0.924. The van der Waals surface area contributed by atoms with Crippen LogP contribution >= 0.6 is 11.8 Å². The van der Waals surface area contributed by atoms with Crippen LogP contribution in [-0.4, -0.2) is 34.1 Å². The Balaban J connectivity index is 1.53. The first-order chi connectivity index (χ1) is 6.45. The Labute approximate surface area is 82.9 Å². The highest BCUT2D eigenvalue weighted by molar-refractivity contribution is 7.99. The predicted octanol–water partition coefficient (Wildman–Crippen LogP) is 0.836. The van der Waals surface area contributed by atoms with Gasteiger partial charge >= 0.3 is 0 Å². The zero-order chi connectivity index (χ0) is 8.93. The lowest BCUT2D eigenvalue weighted by atomic mass is 10.1. The molecule has 1 aromatic rings. The van der Waals surface area contributed by atoms with E-state index in [1.165, 1.54) is 24.6 Å². The van der Waals surface area contributed by atoms with Crippen LogP contribution in [0.2, 0.25) is 0 Å². The van der Waals surface area contributed by atoms with Crippen LogP contribution in [0.3, 0.4) is 0 Å². The van der Waals surface area contributed by atoms with Crippen molar-refractivity contribution in [2.45, 2.75) is 6.54 Å². The molecule has 0 saturated carbocycles. The fourth-order valence-corrected chi connectivity index (χ4v) is 2.38. The van der Waals surface area contributed by atoms with Crippen molar-refractivity contribution >= 4 is 11.8 Å². The Kier molecular flexibility index (Phi) is 3.27. The summed E-state index contributed by atoms with van der Waals surface area (Å²) in [6.45, 7) is 3.53. The van der Waals surface area contributed by atoms with E-state index in [0.29, 0.717) is 0 Å². The van der Waals surface area contributed by atoms with Crippen LogP contribution in [-0.2, 0) is 6.54 Å². The molecule has 13 heavy (non-hydrogen) atoms. The highest BCUT2D eigenvalue weighted by Crippen LogP contribution is 2.12. The van der Waals surface area contributed by atoms with Crippen LogP contribution in [0.25, 0.3) is 0 Å². The number of hydrogen-bond acceptors (Lipinski definition) is 3. The molecule has 1 fully saturated rings. The molecular formula is C9H15N3S. The van der Waals surface area contributed by atoms with Gasteiger partial charge in [0.25, 0.3) is 0 Å². The highest BCUT2D eigenvalue weighted by Gasteiger charge is 2.15. The van der Waals surface area contributed by atoms with E-state index in [-0.39, 0.29) is 0 Å². The summed E-state index contributed by atoms with van der Waals surface area (Å²) < 4.78 is 2.13. The lowest BCUT2D eigenvalue weighted by Crippen LogP contribution is -2.43. The Bertz CT molecular complexity index is 231. The van der Waals surface area contributed by atoms with Gasteiger partial charge in [-0.3, -0.25) is 0 Å². The van der Waals surface area contributed by atoms with E-state index in [9.17, 15) is 0 Å². The van der Waals surface area contributed by atoms with Crippen LogP contribution in [0.4, 0.5) is 0 Å². The summed E-state index contributed by atoms with van der Waals surface area (Å²) in [5, 5.41) is 3.29. The second kappa shape index (κ2) is 4.67. The molecule has 3 nitrogen and oxygen atoms in total. The van der Waals surface area contributed by atoms with E-state index in [2.05, 4.69) is 14.9 Å². The molecule has 1 aliphatic heterocycles. The lowest BCUT2D eigenvalue weighted by Gasteiger charge is -2.26. The van der Waals surface area contributed by atoms with E-state index >= 15 is 0 Å². The van der Waals surface area contributed by atoms with Crippen LogP contribution in [0, 0.1) is 5.92 Å². The van der Waals surface area contributed by atoms with Crippen molar-refractivity contribution in [1.82, 2.24) is 14.9 Å². The zero-order valence-electron chi connectivity index (χ0n) is 7.65. The number of hydrogen-bond donors (Lipinski definition) is 1. The molecule has 4 heteroatoms. The van der Waals surface area contributed by atoms with Crippen LogP contribution < -0.4 is 5.32 Å². The third-order valence-electron chi connectivity index (χ3n) is 2.27. The average molecular weight is 197 g/mol. The van der Waals surface area contributed by atoms with Crippen molar-refractivity contribution < 1.29 is 0 Å². The molecule has 1 aliphatic rings. The summed E-state index contributed by atoms with van der Waals surface area (Å²) in [6, 6.07) is 0. The number of nitrogens with zero attached hydrogens (tertiary/aromatic N) is 2. The third-order valence-corrected chi connectivity index (χ3v) is 3.45. The number of imidazole rings is 1. The molecular weight excluding hydrogens is 182 g/mol. The Morgan fingerprint density at radius 2 is 2.46 bits per heavy atom. The van der Waals surface area contributed by atoms with E-state index in [4.69, 9.17) is 0 Å². The standard InChI is InChI=1S/C9H15N3S/c1-2-12(8-10-1)3-4-13-7-9-5-11-6-9/h1-2,8-9,11H,3-7H2. The quantitative estimate of drug-likeness (QED) is 0.709. The van der Waals surface area contributed by atoms with Gasteiger partial charge in [-0.25, -0.2) is 4.98 Å². The number of aryl methyl sites for hydroxylation is 1. The highest BCUT2D eigenvalue weighted by atomic mass is 32.2. The second-order valence-electron chi connectivity index (χ2n) is 3.40. The summed E-state index contributed by atoms with van der Waals surface area (Å²) in [5.41, 5.74) is 0. The van der Waals surface area contributed by atoms with Gasteiger partial charge in [-0.1, -0.05) is 0 Å². The minimum absolute atomic E-state index is 0.924. The molecule has 0 atom stereocenters. The second-order valence-corrected chi connectivity index (χ2v) is 4.55. The van der Waals surface area contributed by atoms with Crippen molar-refractivity contribution in [1.29, 1.82) is 0 Å². The smallest absolute Gasteiger partial charge is 0.0946 e. The normalized spacial score (nSPS) is 17.2. The molecule has 0 aliphatic carbocycles. The predicted molar refractivity (Wildman–Crippen MR) is 55.9 cm³/mol. The van der Waals surface area contributed by atoms with E-state index in [1.807, 2.05) is 30.5 Å². The maximum atomic E-state index is 4.01. The topological polar surface area (TPSA) is 29.9 Å². The van der Waals surface area contributed by atoms with E-state index in [1.54, 1.807) is 0 Å². The van der Waals surface area contributed by atoms with Gasteiger partial charge in [-0.2, -0.15) is 11.8 Å². The van der Waals surface area contributed by atoms with Gasteiger partial charge in [0, 0.05) is 24.7 Å². The maximum absolute atomic E-state index is 4.01. The molecule has 72 valence electrons. The molecule has 1 saturated heterocycles. The first kappa shape index (κ1) is 9.09. The molecule has 2 heterocycles. The lowest BCUT2D eigenvalue weighted by molar-refractivity contribution is 0.385. The van der Waals surface area contributed by atoms with Gasteiger partial charge in [0.05, 0.1) is 6.33 Å². The molecule has 2 rings (SSSR count). The summed E-state index contributed by atoms with van der Waals surface area (Å²) >= 11 is 2.05. The zero-order valence-corrected chi connectivity index (χ0v) is 8.46. The maximum Gasteiger partial charge on any atom is 0.0946 e. The van der Waals surface area contributed by atoms with E-state index < -0.39 is 0 Å². The average Bonchev–Trinajstić information content (AvgIpc) is 2.53. The molecule has 1 N–H and O–H groups in total. The molecule has 0 unspecified atom stereocenters. The van der Waals surface area contributed by atoms with E-state index in [0.717, 1.165) is 12.5 Å². The number of thioether (sulfide) groups is 1. The fourth-order valence-electron chi connectivity index (χ4n) is 1.31. The minimum Gasteiger partial charge on any atom is -0.337 e. The molecule has 0 spiro atoms. The van der Waals surface area contributed by atoms with Crippen molar-refractivity contribution in [2.75, 3.05) is 24.6 Å². The summed E-state index contributed by atoms with van der Waals surface area (Å²) in [4.78, 5) is 4.01. The van der Waals surface area contributed by atoms with Gasteiger partial charge in [0.2, 0.25) is 0 Å². The van der Waals surface area contributed by atoms with Crippen molar-refractivity contribution in [3.05, 3.63) is 18.7 Å². The number of aromatic nitrogens is 2. The van der Waals surface area contributed by atoms with Crippen molar-refractivity contribution in [3.8, 4) is 0 Å². The van der Waals surface area contributed by atoms with Gasteiger partial charge in [0.1, 0.15) is 0 Å². The summed E-state index contributed by atoms with van der Waals surface area (Å²) in [5.74, 6) is 3.43. The monoisotopic (exact) mass is 197 g/mol. The number of rotatable bonds is 5. The summed E-state index contributed by atoms with van der Waals surface area (Å²) in [6.07, 6.45) is 5.73. The number of nitrogens with one attached hydrogen (secondary N) is 1. The SMILES string of the molecule is c1cn(CCSCC2CNC2)cn1. The van der Waals surface area contributed by atoms with Gasteiger partial charge in [0.15, 0.2) is 0 Å². The van der Waals surface area contributed by atoms with Crippen LogP contribution in [0.5, 0.6) is 0 Å². The first-order valence-electron chi connectivity index (χ1n) is 4.69. The molecule has 0 radical (unpaired) electrons. The van der Waals surface area contributed by atoms with Gasteiger partial charge in [-0.05, 0) is 24.8 Å². The largest absolute Gasteiger partial charge is 0.337 e. The Morgan fingerprint density at radius 3 is 3.08 bits per heavy atom. The first-order valence-corrected chi connectivity index (χ1v) is 5.85. The summed E-state index contributed by atoms with van der Waals surface area (Å²) in [7, 11) is 0. The van der Waals surface area contributed by atoms with Crippen molar-refractivity contribution in [2.24, 2.45) is 5.92 Å².